The maximum absolute atomic E-state index is 11.8. The third-order valence-corrected chi connectivity index (χ3v) is 4.79. The lowest BCUT2D eigenvalue weighted by Gasteiger charge is -2.21. The molecule has 2 heterocycles. The summed E-state index contributed by atoms with van der Waals surface area (Å²) < 4.78 is 30.7. The summed E-state index contributed by atoms with van der Waals surface area (Å²) in [7, 11) is -3.43. The van der Waals surface area contributed by atoms with Gasteiger partial charge in [0.1, 0.15) is 12.0 Å². The summed E-state index contributed by atoms with van der Waals surface area (Å²) in [5, 5.41) is 3.58. The van der Waals surface area contributed by atoms with Crippen molar-refractivity contribution in [3.63, 3.8) is 0 Å². The van der Waals surface area contributed by atoms with Crippen LogP contribution in [0.4, 0.5) is 0 Å². The van der Waals surface area contributed by atoms with Crippen molar-refractivity contribution in [1.29, 1.82) is 0 Å². The first-order valence-corrected chi connectivity index (χ1v) is 9.13. The average molecular weight is 329 g/mol. The van der Waals surface area contributed by atoms with E-state index >= 15 is 0 Å². The van der Waals surface area contributed by atoms with Crippen LogP contribution in [0.15, 0.2) is 21.8 Å². The van der Waals surface area contributed by atoms with Crippen molar-refractivity contribution in [3.05, 3.63) is 18.0 Å². The van der Waals surface area contributed by atoms with Crippen molar-refractivity contribution in [2.24, 2.45) is 10.7 Å². The molecule has 9 heteroatoms. The predicted molar refractivity (Wildman–Crippen MR) is 83.7 cm³/mol. The van der Waals surface area contributed by atoms with Crippen LogP contribution in [0.5, 0.6) is 0 Å². The largest absolute Gasteiger partial charge is 0.370 e. The van der Waals surface area contributed by atoms with Gasteiger partial charge in [0.2, 0.25) is 10.0 Å². The number of nitrogens with one attached hydrogen (secondary N) is 1. The number of likely N-dealkylation sites (tertiary alicyclic amines) is 1. The summed E-state index contributed by atoms with van der Waals surface area (Å²) >= 11 is 0. The minimum absolute atomic E-state index is 0.200. The molecule has 0 aromatic carbocycles. The maximum atomic E-state index is 11.8. The molecule has 0 aliphatic carbocycles. The molecule has 3 N–H and O–H groups in total. The molecule has 0 saturated carbocycles. The quantitative estimate of drug-likeness (QED) is 0.440. The van der Waals surface area contributed by atoms with Crippen LogP contribution in [0.2, 0.25) is 0 Å². The minimum Gasteiger partial charge on any atom is -0.370 e. The van der Waals surface area contributed by atoms with E-state index in [1.165, 1.54) is 25.2 Å². The number of aromatic nitrogens is 1. The van der Waals surface area contributed by atoms with Crippen molar-refractivity contribution in [2.75, 3.05) is 26.2 Å². The van der Waals surface area contributed by atoms with Gasteiger partial charge in [-0.2, -0.15) is 0 Å². The Morgan fingerprint density at radius 2 is 2.09 bits per heavy atom. The Bertz CT molecular complexity index is 563. The van der Waals surface area contributed by atoms with E-state index in [0.717, 1.165) is 25.9 Å². The number of nitrogens with two attached hydrogens (primary N) is 1. The molecule has 1 fully saturated rings. The Labute approximate surface area is 130 Å². The fraction of sp³-hybridized carbons (Fsp3) is 0.692. The topological polar surface area (TPSA) is 114 Å². The van der Waals surface area contributed by atoms with E-state index in [1.54, 1.807) is 0 Å². The smallest absolute Gasteiger partial charge is 0.217 e. The van der Waals surface area contributed by atoms with Crippen molar-refractivity contribution < 1.29 is 12.9 Å². The predicted octanol–water partition coefficient (Wildman–Crippen LogP) is 0.285. The van der Waals surface area contributed by atoms with Gasteiger partial charge in [-0.1, -0.05) is 18.0 Å². The lowest BCUT2D eigenvalue weighted by Crippen LogP contribution is -2.38. The van der Waals surface area contributed by atoms with Crippen molar-refractivity contribution in [2.45, 2.75) is 31.4 Å². The highest BCUT2D eigenvalue weighted by atomic mass is 32.2. The third-order valence-electron chi connectivity index (χ3n) is 3.47. The number of sulfonamides is 1. The summed E-state index contributed by atoms with van der Waals surface area (Å²) in [6.07, 6.45) is 6.05. The SMILES string of the molecule is NC(=NCCNS(=O)(=O)Cc1ccon1)N1CCCCCC1. The van der Waals surface area contributed by atoms with Crippen molar-refractivity contribution in [1.82, 2.24) is 14.8 Å². The van der Waals surface area contributed by atoms with E-state index in [9.17, 15) is 8.42 Å². The second kappa shape index (κ2) is 8.14. The molecule has 0 unspecified atom stereocenters. The van der Waals surface area contributed by atoms with Crippen LogP contribution in [-0.4, -0.2) is 50.6 Å². The Hall–Kier alpha value is -1.61. The molecule has 1 aliphatic heterocycles. The van der Waals surface area contributed by atoms with Gasteiger partial charge in [-0.25, -0.2) is 13.1 Å². The van der Waals surface area contributed by atoms with Gasteiger partial charge in [-0.15, -0.1) is 0 Å². The van der Waals surface area contributed by atoms with Crippen LogP contribution < -0.4 is 10.5 Å². The fourth-order valence-electron chi connectivity index (χ4n) is 2.33. The number of aliphatic imine (C=N–C) groups is 1. The van der Waals surface area contributed by atoms with Crippen molar-refractivity contribution >= 4 is 16.0 Å². The van der Waals surface area contributed by atoms with Gasteiger partial charge in [-0.3, -0.25) is 4.99 Å². The molecule has 1 aromatic rings. The average Bonchev–Trinajstić information content (AvgIpc) is 2.82. The summed E-state index contributed by atoms with van der Waals surface area (Å²) in [4.78, 5) is 6.32. The van der Waals surface area contributed by atoms with Gasteiger partial charge in [-0.05, 0) is 12.8 Å². The fourth-order valence-corrected chi connectivity index (χ4v) is 3.37. The van der Waals surface area contributed by atoms with Crippen LogP contribution in [-0.2, 0) is 15.8 Å². The Kier molecular flexibility index (Phi) is 6.20. The minimum atomic E-state index is -3.43. The van der Waals surface area contributed by atoms with E-state index in [1.807, 2.05) is 0 Å². The van der Waals surface area contributed by atoms with E-state index in [0.29, 0.717) is 18.2 Å². The zero-order valence-corrected chi connectivity index (χ0v) is 13.4. The molecule has 0 atom stereocenters. The molecular formula is C13H23N5O3S. The molecule has 8 nitrogen and oxygen atoms in total. The van der Waals surface area contributed by atoms with Gasteiger partial charge in [0.05, 0.1) is 12.2 Å². The highest BCUT2D eigenvalue weighted by molar-refractivity contribution is 7.88. The second-order valence-electron chi connectivity index (χ2n) is 5.29. The van der Waals surface area contributed by atoms with Gasteiger partial charge in [0.25, 0.3) is 0 Å². The number of rotatable bonds is 6. The summed E-state index contributed by atoms with van der Waals surface area (Å²) in [6.45, 7) is 2.38. The normalized spacial score (nSPS) is 17.5. The number of nitrogens with zero attached hydrogens (tertiary/aromatic N) is 3. The van der Waals surface area contributed by atoms with Crippen LogP contribution >= 0.6 is 0 Å². The van der Waals surface area contributed by atoms with Gasteiger partial charge >= 0.3 is 0 Å². The standard InChI is InChI=1S/C13H23N5O3S/c14-13(18-8-3-1-2-4-9-18)15-6-7-16-22(19,20)11-12-5-10-21-17-12/h5,10,16H,1-4,6-9,11H2,(H2,14,15). The molecule has 1 aliphatic rings. The summed E-state index contributed by atoms with van der Waals surface area (Å²) in [5.41, 5.74) is 6.33. The first-order chi connectivity index (χ1) is 10.6. The second-order valence-corrected chi connectivity index (χ2v) is 7.09. The molecule has 0 radical (unpaired) electrons. The number of hydrogen-bond donors (Lipinski definition) is 2. The molecule has 22 heavy (non-hydrogen) atoms. The zero-order valence-electron chi connectivity index (χ0n) is 12.6. The van der Waals surface area contributed by atoms with E-state index in [-0.39, 0.29) is 12.3 Å². The van der Waals surface area contributed by atoms with Gasteiger partial charge in [0, 0.05) is 25.7 Å². The highest BCUT2D eigenvalue weighted by Crippen LogP contribution is 2.09. The van der Waals surface area contributed by atoms with Crippen LogP contribution in [0.1, 0.15) is 31.4 Å². The van der Waals surface area contributed by atoms with Crippen LogP contribution in [0.25, 0.3) is 0 Å². The first kappa shape index (κ1) is 16.8. The molecule has 1 aromatic heterocycles. The Morgan fingerprint density at radius 1 is 1.36 bits per heavy atom. The first-order valence-electron chi connectivity index (χ1n) is 7.48. The lowest BCUT2D eigenvalue weighted by atomic mass is 10.2. The monoisotopic (exact) mass is 329 g/mol. The molecule has 124 valence electrons. The van der Waals surface area contributed by atoms with Gasteiger partial charge in [0.15, 0.2) is 5.96 Å². The zero-order chi connectivity index (χ0) is 15.8. The molecule has 1 saturated heterocycles. The van der Waals surface area contributed by atoms with Crippen LogP contribution in [0, 0.1) is 0 Å². The van der Waals surface area contributed by atoms with Crippen LogP contribution in [0.3, 0.4) is 0 Å². The molecular weight excluding hydrogens is 306 g/mol. The van der Waals surface area contributed by atoms with Gasteiger partial charge < -0.3 is 15.2 Å². The molecule has 0 amide bonds. The third kappa shape index (κ3) is 5.64. The lowest BCUT2D eigenvalue weighted by molar-refractivity contribution is 0.413. The number of hydrogen-bond acceptors (Lipinski definition) is 5. The molecule has 0 bridgehead atoms. The van der Waals surface area contributed by atoms with E-state index in [4.69, 9.17) is 5.73 Å². The maximum Gasteiger partial charge on any atom is 0.217 e. The highest BCUT2D eigenvalue weighted by Gasteiger charge is 2.13. The Morgan fingerprint density at radius 3 is 2.73 bits per heavy atom. The van der Waals surface area contributed by atoms with E-state index in [2.05, 4.69) is 24.3 Å². The molecule has 2 rings (SSSR count). The molecule has 0 spiro atoms. The van der Waals surface area contributed by atoms with E-state index < -0.39 is 10.0 Å². The number of guanidine groups is 1. The Balaban J connectivity index is 1.74. The van der Waals surface area contributed by atoms with Crippen molar-refractivity contribution in [3.8, 4) is 0 Å². The summed E-state index contributed by atoms with van der Waals surface area (Å²) in [5.74, 6) is 0.298. The summed E-state index contributed by atoms with van der Waals surface area (Å²) in [6, 6.07) is 1.52.